The smallest absolute Gasteiger partial charge is 0.226 e. The van der Waals surface area contributed by atoms with Crippen molar-refractivity contribution in [3.05, 3.63) is 29.8 Å². The van der Waals surface area contributed by atoms with Crippen LogP contribution in [0.15, 0.2) is 24.3 Å². The maximum Gasteiger partial charge on any atom is 0.226 e. The fourth-order valence-corrected chi connectivity index (χ4v) is 6.68. The summed E-state index contributed by atoms with van der Waals surface area (Å²) in [4.78, 5) is 13.1. The third-order valence-corrected chi connectivity index (χ3v) is 6.50. The quantitative estimate of drug-likeness (QED) is 0.886. The third-order valence-electron chi connectivity index (χ3n) is 6.50. The highest BCUT2D eigenvalue weighted by Gasteiger charge is 2.62. The van der Waals surface area contributed by atoms with Gasteiger partial charge in [0.25, 0.3) is 0 Å². The molecule has 4 bridgehead atoms. The minimum absolute atomic E-state index is 0.139. The molecule has 0 spiro atoms. The van der Waals surface area contributed by atoms with E-state index in [9.17, 15) is 9.90 Å². The van der Waals surface area contributed by atoms with Crippen molar-refractivity contribution >= 4 is 5.91 Å². The van der Waals surface area contributed by atoms with Gasteiger partial charge in [0.05, 0.1) is 5.41 Å². The van der Waals surface area contributed by atoms with Gasteiger partial charge in [0.2, 0.25) is 5.91 Å². The van der Waals surface area contributed by atoms with Crippen LogP contribution in [-0.2, 0) is 11.3 Å². The van der Waals surface area contributed by atoms with Crippen molar-refractivity contribution in [3.8, 4) is 5.75 Å². The average molecular weight is 313 g/mol. The molecule has 3 heteroatoms. The van der Waals surface area contributed by atoms with E-state index in [1.165, 1.54) is 19.3 Å². The molecule has 4 aliphatic rings. The van der Waals surface area contributed by atoms with E-state index in [2.05, 4.69) is 19.2 Å². The van der Waals surface area contributed by atoms with Crippen molar-refractivity contribution < 1.29 is 9.90 Å². The lowest BCUT2D eigenvalue weighted by Gasteiger charge is -2.64. The molecular formula is C20H27NO2. The van der Waals surface area contributed by atoms with Crippen LogP contribution < -0.4 is 5.32 Å². The van der Waals surface area contributed by atoms with Gasteiger partial charge in [0.15, 0.2) is 0 Å². The number of amides is 1. The maximum absolute atomic E-state index is 13.1. The predicted molar refractivity (Wildman–Crippen MR) is 89.8 cm³/mol. The van der Waals surface area contributed by atoms with Crippen molar-refractivity contribution in [1.82, 2.24) is 5.32 Å². The first-order valence-electron chi connectivity index (χ1n) is 8.86. The van der Waals surface area contributed by atoms with Crippen LogP contribution in [0.2, 0.25) is 0 Å². The first kappa shape index (κ1) is 15.0. The maximum atomic E-state index is 13.1. The first-order valence-corrected chi connectivity index (χ1v) is 8.86. The number of hydrogen-bond donors (Lipinski definition) is 2. The molecule has 0 radical (unpaired) electrons. The van der Waals surface area contributed by atoms with Gasteiger partial charge in [-0.2, -0.15) is 0 Å². The molecule has 3 nitrogen and oxygen atoms in total. The molecule has 124 valence electrons. The van der Waals surface area contributed by atoms with E-state index in [0.29, 0.717) is 17.4 Å². The Hall–Kier alpha value is -1.51. The second-order valence-corrected chi connectivity index (χ2v) is 9.26. The van der Waals surface area contributed by atoms with Gasteiger partial charge < -0.3 is 10.4 Å². The zero-order valence-corrected chi connectivity index (χ0v) is 14.2. The Bertz CT molecular complexity index is 618. The summed E-state index contributed by atoms with van der Waals surface area (Å²) in [5.74, 6) is 1.26. The molecular weight excluding hydrogens is 286 g/mol. The van der Waals surface area contributed by atoms with Gasteiger partial charge in [-0.1, -0.05) is 26.0 Å². The Labute approximate surface area is 138 Å². The Morgan fingerprint density at radius 1 is 1.09 bits per heavy atom. The topological polar surface area (TPSA) is 49.3 Å². The first-order chi connectivity index (χ1) is 10.8. The van der Waals surface area contributed by atoms with Gasteiger partial charge in [-0.25, -0.2) is 0 Å². The highest BCUT2D eigenvalue weighted by molar-refractivity contribution is 5.83. The van der Waals surface area contributed by atoms with Crippen LogP contribution in [0.25, 0.3) is 0 Å². The molecule has 0 heterocycles. The minimum Gasteiger partial charge on any atom is -0.508 e. The number of benzene rings is 1. The van der Waals surface area contributed by atoms with Crippen LogP contribution in [0.1, 0.15) is 57.9 Å². The number of carbonyl (C=O) groups excluding carboxylic acids is 1. The summed E-state index contributed by atoms with van der Waals surface area (Å²) in [5, 5.41) is 12.5. The molecule has 23 heavy (non-hydrogen) atoms. The van der Waals surface area contributed by atoms with Crippen LogP contribution in [0, 0.1) is 22.2 Å². The van der Waals surface area contributed by atoms with Crippen molar-refractivity contribution in [3.63, 3.8) is 0 Å². The summed E-state index contributed by atoms with van der Waals surface area (Å²) < 4.78 is 0. The Morgan fingerprint density at radius 3 is 2.26 bits per heavy atom. The number of aromatic hydroxyl groups is 1. The third kappa shape index (κ3) is 2.54. The minimum atomic E-state index is -0.139. The summed E-state index contributed by atoms with van der Waals surface area (Å²) in [6, 6.07) is 7.10. The van der Waals surface area contributed by atoms with Crippen LogP contribution in [0.3, 0.4) is 0 Å². The molecule has 0 aliphatic heterocycles. The lowest BCUT2D eigenvalue weighted by molar-refractivity contribution is -0.170. The summed E-state index contributed by atoms with van der Waals surface area (Å²) in [6.07, 6.45) is 7.13. The van der Waals surface area contributed by atoms with Crippen molar-refractivity contribution in [2.24, 2.45) is 22.2 Å². The van der Waals surface area contributed by atoms with Crippen LogP contribution in [0.4, 0.5) is 0 Å². The van der Waals surface area contributed by atoms with Gasteiger partial charge in [-0.15, -0.1) is 0 Å². The van der Waals surface area contributed by atoms with Crippen molar-refractivity contribution in [2.75, 3.05) is 0 Å². The molecule has 4 aliphatic carbocycles. The van der Waals surface area contributed by atoms with Gasteiger partial charge in [0, 0.05) is 6.54 Å². The van der Waals surface area contributed by atoms with E-state index in [1.54, 1.807) is 12.1 Å². The summed E-state index contributed by atoms with van der Waals surface area (Å²) in [7, 11) is 0. The van der Waals surface area contributed by atoms with E-state index in [-0.39, 0.29) is 17.1 Å². The number of nitrogens with one attached hydrogen (secondary N) is 1. The Morgan fingerprint density at radius 2 is 1.70 bits per heavy atom. The lowest BCUT2D eigenvalue weighted by Crippen LogP contribution is -2.59. The molecule has 1 aromatic rings. The Kier molecular flexibility index (Phi) is 3.11. The number of phenolic OH excluding ortho intramolecular Hbond substituents is 1. The molecule has 4 saturated carbocycles. The predicted octanol–water partition coefficient (Wildman–Crippen LogP) is 4.01. The number of hydrogen-bond acceptors (Lipinski definition) is 2. The molecule has 2 atom stereocenters. The number of carbonyl (C=O) groups is 1. The molecule has 0 saturated heterocycles. The van der Waals surface area contributed by atoms with E-state index in [0.717, 1.165) is 30.7 Å². The second-order valence-electron chi connectivity index (χ2n) is 9.26. The molecule has 5 rings (SSSR count). The molecule has 4 fully saturated rings. The molecule has 0 aromatic heterocycles. The summed E-state index contributed by atoms with van der Waals surface area (Å²) in [5.41, 5.74) is 1.63. The van der Waals surface area contributed by atoms with Crippen LogP contribution in [0.5, 0.6) is 5.75 Å². The van der Waals surface area contributed by atoms with E-state index >= 15 is 0 Å². The fraction of sp³-hybridized carbons (Fsp3) is 0.650. The largest absolute Gasteiger partial charge is 0.508 e. The second kappa shape index (κ2) is 4.75. The lowest BCUT2D eigenvalue weighted by atomic mass is 9.40. The normalized spacial score (nSPS) is 41.0. The van der Waals surface area contributed by atoms with Crippen LogP contribution in [-0.4, -0.2) is 11.0 Å². The summed E-state index contributed by atoms with van der Waals surface area (Å²) >= 11 is 0. The van der Waals surface area contributed by atoms with E-state index in [4.69, 9.17) is 0 Å². The monoisotopic (exact) mass is 313 g/mol. The van der Waals surface area contributed by atoms with Crippen molar-refractivity contribution in [1.29, 1.82) is 0 Å². The SMILES string of the molecule is C[C@]12CC3CC(C(=O)NCc4ccc(O)cc4)(C1)C[C@](C)(C3)C2. The molecule has 0 unspecified atom stereocenters. The van der Waals surface area contributed by atoms with Gasteiger partial charge >= 0.3 is 0 Å². The van der Waals surface area contributed by atoms with Gasteiger partial charge in [0.1, 0.15) is 5.75 Å². The number of rotatable bonds is 3. The van der Waals surface area contributed by atoms with Gasteiger partial charge in [-0.05, 0) is 73.0 Å². The zero-order chi connectivity index (χ0) is 16.3. The average Bonchev–Trinajstić information content (AvgIpc) is 2.42. The highest BCUT2D eigenvalue weighted by atomic mass is 16.3. The molecule has 1 aromatic carbocycles. The summed E-state index contributed by atoms with van der Waals surface area (Å²) in [6.45, 7) is 5.36. The molecule has 1 amide bonds. The van der Waals surface area contributed by atoms with Gasteiger partial charge in [-0.3, -0.25) is 4.79 Å². The standard InChI is InChI=1S/C20H27NO2/c1-18-7-15-8-19(2,11-18)13-20(9-15,12-18)17(23)21-10-14-3-5-16(22)6-4-14/h3-6,15,22H,7-13H2,1-2H3,(H,21,23)/t15?,18-,19-,20?/m1/s1. The number of phenols is 1. The van der Waals surface area contributed by atoms with Crippen molar-refractivity contribution in [2.45, 2.75) is 58.9 Å². The van der Waals surface area contributed by atoms with E-state index < -0.39 is 0 Å². The fourth-order valence-electron chi connectivity index (χ4n) is 6.68. The Balaban J connectivity index is 1.50. The van der Waals surface area contributed by atoms with Crippen LogP contribution >= 0.6 is 0 Å². The van der Waals surface area contributed by atoms with E-state index in [1.807, 2.05) is 12.1 Å². The molecule has 2 N–H and O–H groups in total. The highest BCUT2D eigenvalue weighted by Crippen LogP contribution is 2.69. The zero-order valence-electron chi connectivity index (χ0n) is 14.2.